The van der Waals surface area contributed by atoms with E-state index in [9.17, 15) is 0 Å². The number of halogens is 1. The molecule has 0 saturated carbocycles. The number of furan rings is 1. The normalized spacial score (nSPS) is 10.8. The molecule has 2 aromatic heterocycles. The van der Waals surface area contributed by atoms with Crippen molar-refractivity contribution in [2.45, 2.75) is 13.5 Å². The lowest BCUT2D eigenvalue weighted by Gasteiger charge is -2.11. The maximum absolute atomic E-state index is 6.05. The van der Waals surface area contributed by atoms with Crippen molar-refractivity contribution < 1.29 is 13.9 Å². The van der Waals surface area contributed by atoms with E-state index in [4.69, 9.17) is 25.5 Å². The predicted octanol–water partition coefficient (Wildman–Crippen LogP) is 3.77. The quantitative estimate of drug-likeness (QED) is 0.687. The van der Waals surface area contributed by atoms with Crippen molar-refractivity contribution >= 4 is 22.5 Å². The number of ether oxygens (including phenoxy) is 2. The third kappa shape index (κ3) is 2.78. The molecule has 0 saturated heterocycles. The summed E-state index contributed by atoms with van der Waals surface area (Å²) in [5.74, 6) is 2.74. The molecule has 0 aliphatic rings. The summed E-state index contributed by atoms with van der Waals surface area (Å²) < 4.78 is 16.6. The van der Waals surface area contributed by atoms with Gasteiger partial charge in [0.25, 0.3) is 0 Å². The first-order valence-corrected chi connectivity index (χ1v) is 6.71. The Bertz CT molecular complexity index is 786. The molecule has 0 atom stereocenters. The highest BCUT2D eigenvalue weighted by Gasteiger charge is 2.11. The van der Waals surface area contributed by atoms with Gasteiger partial charge in [-0.1, -0.05) is 11.6 Å². The fourth-order valence-electron chi connectivity index (χ4n) is 2.02. The van der Waals surface area contributed by atoms with Crippen molar-refractivity contribution in [3.05, 3.63) is 47.3 Å². The summed E-state index contributed by atoms with van der Waals surface area (Å²) in [6.45, 7) is 2.20. The Morgan fingerprint density at radius 3 is 2.76 bits per heavy atom. The van der Waals surface area contributed by atoms with Crippen molar-refractivity contribution in [1.82, 2.24) is 9.97 Å². The molecular formula is C15H13ClN2O3. The molecule has 0 bridgehead atoms. The molecule has 0 fully saturated rings. The van der Waals surface area contributed by atoms with Gasteiger partial charge in [0.1, 0.15) is 29.6 Å². The van der Waals surface area contributed by atoms with E-state index in [2.05, 4.69) is 9.97 Å². The van der Waals surface area contributed by atoms with Gasteiger partial charge in [-0.05, 0) is 25.1 Å². The zero-order chi connectivity index (χ0) is 14.8. The van der Waals surface area contributed by atoms with Gasteiger partial charge >= 0.3 is 0 Å². The summed E-state index contributed by atoms with van der Waals surface area (Å²) in [6, 6.07) is 7.31. The maximum Gasteiger partial charge on any atom is 0.164 e. The number of rotatable bonds is 4. The highest BCUT2D eigenvalue weighted by atomic mass is 35.5. The van der Waals surface area contributed by atoms with E-state index in [-0.39, 0.29) is 0 Å². The summed E-state index contributed by atoms with van der Waals surface area (Å²) >= 11 is 6.05. The SMILES string of the molecule is COc1cc2c(Cl)ncnc2cc1OCc1ccc(C)o1. The first-order valence-electron chi connectivity index (χ1n) is 6.33. The van der Waals surface area contributed by atoms with Crippen LogP contribution in [0, 0.1) is 6.92 Å². The van der Waals surface area contributed by atoms with Gasteiger partial charge in [-0.3, -0.25) is 0 Å². The van der Waals surface area contributed by atoms with Gasteiger partial charge < -0.3 is 13.9 Å². The third-order valence-corrected chi connectivity index (χ3v) is 3.34. The van der Waals surface area contributed by atoms with Crippen LogP contribution in [0.5, 0.6) is 11.5 Å². The zero-order valence-corrected chi connectivity index (χ0v) is 12.3. The minimum absolute atomic E-state index is 0.314. The van der Waals surface area contributed by atoms with Crippen LogP contribution in [0.2, 0.25) is 5.15 Å². The summed E-state index contributed by atoms with van der Waals surface area (Å²) in [5.41, 5.74) is 0.696. The van der Waals surface area contributed by atoms with Crippen molar-refractivity contribution in [1.29, 1.82) is 0 Å². The molecule has 5 nitrogen and oxygen atoms in total. The van der Waals surface area contributed by atoms with Gasteiger partial charge in [0.15, 0.2) is 11.5 Å². The molecule has 0 aliphatic heterocycles. The van der Waals surface area contributed by atoms with Crippen molar-refractivity contribution in [2.75, 3.05) is 7.11 Å². The number of benzene rings is 1. The van der Waals surface area contributed by atoms with Crippen LogP contribution in [-0.4, -0.2) is 17.1 Å². The molecule has 3 aromatic rings. The smallest absolute Gasteiger partial charge is 0.164 e. The number of hydrogen-bond acceptors (Lipinski definition) is 5. The lowest BCUT2D eigenvalue weighted by molar-refractivity contribution is 0.254. The highest BCUT2D eigenvalue weighted by Crippen LogP contribution is 2.34. The van der Waals surface area contributed by atoms with Crippen molar-refractivity contribution in [2.24, 2.45) is 0 Å². The molecule has 0 spiro atoms. The summed E-state index contributed by atoms with van der Waals surface area (Å²) in [6.07, 6.45) is 1.41. The van der Waals surface area contributed by atoms with E-state index in [1.165, 1.54) is 6.33 Å². The van der Waals surface area contributed by atoms with E-state index in [0.717, 1.165) is 16.9 Å². The van der Waals surface area contributed by atoms with E-state index >= 15 is 0 Å². The van der Waals surface area contributed by atoms with Gasteiger partial charge in [0, 0.05) is 11.5 Å². The van der Waals surface area contributed by atoms with Gasteiger partial charge in [0.2, 0.25) is 0 Å². The minimum Gasteiger partial charge on any atom is -0.493 e. The van der Waals surface area contributed by atoms with Crippen LogP contribution < -0.4 is 9.47 Å². The molecule has 6 heteroatoms. The zero-order valence-electron chi connectivity index (χ0n) is 11.6. The van der Waals surface area contributed by atoms with Crippen LogP contribution in [0.25, 0.3) is 10.9 Å². The molecule has 0 amide bonds. The predicted molar refractivity (Wildman–Crippen MR) is 78.9 cm³/mol. The van der Waals surface area contributed by atoms with E-state index < -0.39 is 0 Å². The maximum atomic E-state index is 6.05. The second kappa shape index (κ2) is 5.61. The Morgan fingerprint density at radius 2 is 2.05 bits per heavy atom. The molecule has 0 N–H and O–H groups in total. The van der Waals surface area contributed by atoms with Crippen LogP contribution in [0.1, 0.15) is 11.5 Å². The highest BCUT2D eigenvalue weighted by molar-refractivity contribution is 6.34. The first-order chi connectivity index (χ1) is 10.2. The fraction of sp³-hybridized carbons (Fsp3) is 0.200. The number of nitrogens with zero attached hydrogens (tertiary/aromatic N) is 2. The first kappa shape index (κ1) is 13.7. The Hall–Kier alpha value is -2.27. The van der Waals surface area contributed by atoms with Gasteiger partial charge in [-0.15, -0.1) is 0 Å². The Morgan fingerprint density at radius 1 is 1.19 bits per heavy atom. The molecule has 0 unspecified atom stereocenters. The van der Waals surface area contributed by atoms with Gasteiger partial charge in [-0.25, -0.2) is 9.97 Å². The molecular weight excluding hydrogens is 292 g/mol. The average molecular weight is 305 g/mol. The number of hydrogen-bond donors (Lipinski definition) is 0. The molecule has 2 heterocycles. The monoisotopic (exact) mass is 304 g/mol. The lowest BCUT2D eigenvalue weighted by atomic mass is 10.2. The molecule has 1 aromatic carbocycles. The second-order valence-electron chi connectivity index (χ2n) is 4.49. The van der Waals surface area contributed by atoms with Crippen molar-refractivity contribution in [3.63, 3.8) is 0 Å². The number of aryl methyl sites for hydroxylation is 1. The van der Waals surface area contributed by atoms with Crippen LogP contribution in [-0.2, 0) is 6.61 Å². The van der Waals surface area contributed by atoms with Crippen LogP contribution >= 0.6 is 11.6 Å². The molecule has 3 rings (SSSR count). The summed E-state index contributed by atoms with van der Waals surface area (Å²) in [4.78, 5) is 8.13. The second-order valence-corrected chi connectivity index (χ2v) is 4.84. The average Bonchev–Trinajstić information content (AvgIpc) is 2.90. The summed E-state index contributed by atoms with van der Waals surface area (Å²) in [7, 11) is 1.57. The topological polar surface area (TPSA) is 57.4 Å². The number of fused-ring (bicyclic) bond motifs is 1. The van der Waals surface area contributed by atoms with Crippen molar-refractivity contribution in [3.8, 4) is 11.5 Å². The summed E-state index contributed by atoms with van der Waals surface area (Å²) in [5, 5.41) is 1.10. The van der Waals surface area contributed by atoms with Crippen LogP contribution in [0.3, 0.4) is 0 Å². The third-order valence-electron chi connectivity index (χ3n) is 3.04. The van der Waals surface area contributed by atoms with Gasteiger partial charge in [-0.2, -0.15) is 0 Å². The number of aromatic nitrogens is 2. The molecule has 0 radical (unpaired) electrons. The van der Waals surface area contributed by atoms with Crippen LogP contribution in [0.4, 0.5) is 0 Å². The Labute approximate surface area is 126 Å². The largest absolute Gasteiger partial charge is 0.493 e. The van der Waals surface area contributed by atoms with Crippen LogP contribution in [0.15, 0.2) is 35.0 Å². The van der Waals surface area contributed by atoms with E-state index in [1.54, 1.807) is 19.2 Å². The number of methoxy groups -OCH3 is 1. The Balaban J connectivity index is 1.93. The molecule has 0 aliphatic carbocycles. The van der Waals surface area contributed by atoms with Gasteiger partial charge in [0.05, 0.1) is 12.6 Å². The molecule has 21 heavy (non-hydrogen) atoms. The molecule has 108 valence electrons. The van der Waals surface area contributed by atoms with E-state index in [1.807, 2.05) is 19.1 Å². The fourth-order valence-corrected chi connectivity index (χ4v) is 2.21. The van der Waals surface area contributed by atoms with E-state index in [0.29, 0.717) is 28.8 Å². The Kier molecular flexibility index (Phi) is 3.66. The standard InChI is InChI=1S/C15H13ClN2O3/c1-9-3-4-10(21-9)7-20-14-6-12-11(5-13(14)19-2)15(16)18-8-17-12/h3-6,8H,7H2,1-2H3. The minimum atomic E-state index is 0.314. The lowest BCUT2D eigenvalue weighted by Crippen LogP contribution is -1.97.